The lowest BCUT2D eigenvalue weighted by atomic mass is 9.98. The molecule has 61 heavy (non-hydrogen) atoms. The van der Waals surface area contributed by atoms with E-state index in [0.717, 1.165) is 77.8 Å². The molecule has 0 amide bonds. The average Bonchev–Trinajstić information content (AvgIpc) is 3.89. The second-order valence-electron chi connectivity index (χ2n) is 15.4. The van der Waals surface area contributed by atoms with Crippen LogP contribution in [0.3, 0.4) is 0 Å². The second-order valence-corrected chi connectivity index (χ2v) is 15.4. The Balaban J connectivity index is 1.17. The van der Waals surface area contributed by atoms with Crippen LogP contribution in [0.4, 0.5) is 0 Å². The number of fused-ring (bicyclic) bond motifs is 7. The van der Waals surface area contributed by atoms with Crippen molar-refractivity contribution >= 4 is 49.3 Å². The fourth-order valence-electron chi connectivity index (χ4n) is 9.11. The molecule has 286 valence electrons. The number of nitrogens with zero attached hydrogens (tertiary/aromatic N) is 5. The van der Waals surface area contributed by atoms with Crippen LogP contribution >= 0.6 is 0 Å². The molecule has 12 aromatic rings. The van der Waals surface area contributed by atoms with Crippen LogP contribution in [0.5, 0.6) is 0 Å². The molecule has 0 atom stereocenters. The maximum Gasteiger partial charge on any atom is 0.268 e. The van der Waals surface area contributed by atoms with Gasteiger partial charge in [0.2, 0.25) is 5.95 Å². The van der Waals surface area contributed by atoms with Gasteiger partial charge in [-0.2, -0.15) is 0 Å². The van der Waals surface area contributed by atoms with Crippen LogP contribution in [-0.4, -0.2) is 23.5 Å². The minimum absolute atomic E-state index is 0.195. The number of hydrogen-bond donors (Lipinski definition) is 0. The Hall–Kier alpha value is -8.35. The summed E-state index contributed by atoms with van der Waals surface area (Å²) in [5.74, 6) is 0.314. The lowest BCUT2D eigenvalue weighted by Crippen LogP contribution is -2.23. The lowest BCUT2D eigenvalue weighted by Gasteiger charge is -2.16. The largest absolute Gasteiger partial charge is 0.309 e. The zero-order valence-corrected chi connectivity index (χ0v) is 32.9. The summed E-state index contributed by atoms with van der Waals surface area (Å²) in [4.78, 5) is 25.8. The van der Waals surface area contributed by atoms with Crippen molar-refractivity contribution in [2.45, 2.75) is 0 Å². The molecule has 0 aliphatic carbocycles. The molecule has 0 saturated carbocycles. The van der Waals surface area contributed by atoms with Crippen molar-refractivity contribution in [2.24, 2.45) is 0 Å². The third kappa shape index (κ3) is 5.54. The fraction of sp³-hybridized carbons (Fsp3) is 0. The van der Waals surface area contributed by atoms with Gasteiger partial charge >= 0.3 is 0 Å². The van der Waals surface area contributed by atoms with E-state index < -0.39 is 0 Å². The van der Waals surface area contributed by atoms with E-state index in [4.69, 9.17) is 9.97 Å². The predicted octanol–water partition coefficient (Wildman–Crippen LogP) is 13.0. The SMILES string of the molecule is O=c1c2ccc(-c3ccc4c(c3)c3ccccc3n4-c3ccccc3)cc2n2cc(-c3ccccc3)c(-c3ccccc3)c2n1-c1nc(-c2ccccc2)c2ccccc2n1. The molecule has 6 heteroatoms. The zero-order valence-electron chi connectivity index (χ0n) is 32.9. The van der Waals surface area contributed by atoms with Crippen molar-refractivity contribution in [1.82, 2.24) is 23.5 Å². The highest BCUT2D eigenvalue weighted by Gasteiger charge is 2.25. The normalized spacial score (nSPS) is 11.7. The summed E-state index contributed by atoms with van der Waals surface area (Å²) in [7, 11) is 0. The van der Waals surface area contributed by atoms with Gasteiger partial charge in [0.25, 0.3) is 5.56 Å². The van der Waals surface area contributed by atoms with Gasteiger partial charge in [-0.1, -0.05) is 158 Å². The third-order valence-corrected chi connectivity index (χ3v) is 11.9. The summed E-state index contributed by atoms with van der Waals surface area (Å²) in [5.41, 5.74) is 13.2. The van der Waals surface area contributed by atoms with Crippen LogP contribution < -0.4 is 5.56 Å². The molecule has 0 unspecified atom stereocenters. The number of para-hydroxylation sites is 3. The van der Waals surface area contributed by atoms with Crippen LogP contribution in [0.15, 0.2) is 217 Å². The molecule has 0 saturated heterocycles. The Morgan fingerprint density at radius 3 is 1.74 bits per heavy atom. The first kappa shape index (κ1) is 34.7. The topological polar surface area (TPSA) is 57.1 Å². The van der Waals surface area contributed by atoms with E-state index in [1.165, 1.54) is 10.8 Å². The van der Waals surface area contributed by atoms with Crippen molar-refractivity contribution in [2.75, 3.05) is 0 Å². The molecule has 4 heterocycles. The Morgan fingerprint density at radius 2 is 0.984 bits per heavy atom. The van der Waals surface area contributed by atoms with Gasteiger partial charge < -0.3 is 8.97 Å². The third-order valence-electron chi connectivity index (χ3n) is 11.9. The Kier molecular flexibility index (Phi) is 7.90. The first-order chi connectivity index (χ1) is 30.2. The minimum Gasteiger partial charge on any atom is -0.309 e. The number of benzene rings is 8. The molecule has 0 radical (unpaired) electrons. The number of hydrogen-bond acceptors (Lipinski definition) is 3. The van der Waals surface area contributed by atoms with Crippen molar-refractivity contribution in [1.29, 1.82) is 0 Å². The van der Waals surface area contributed by atoms with E-state index in [9.17, 15) is 0 Å². The van der Waals surface area contributed by atoms with Gasteiger partial charge in [-0.15, -0.1) is 0 Å². The second kappa shape index (κ2) is 13.9. The van der Waals surface area contributed by atoms with E-state index in [1.807, 2.05) is 78.9 Å². The standard InChI is InChI=1S/C55H35N5O/c61-54-44-31-29-40(39-30-32-49-45(33-39)42-25-14-16-28-48(42)59(49)41-23-11-4-12-24-41)34-50(44)58-35-46(36-17-5-1-6-18-36)51(37-19-7-2-8-20-37)53(58)60(54)55-56-47-27-15-13-26-43(47)52(57-55)38-21-9-3-10-22-38/h1-35H. The van der Waals surface area contributed by atoms with Crippen molar-refractivity contribution < 1.29 is 0 Å². The monoisotopic (exact) mass is 781 g/mol. The van der Waals surface area contributed by atoms with Gasteiger partial charge in [-0.25, -0.2) is 14.5 Å². The summed E-state index contributed by atoms with van der Waals surface area (Å²) in [6, 6.07) is 70.8. The highest BCUT2D eigenvalue weighted by molar-refractivity contribution is 6.10. The molecule has 0 spiro atoms. The molecule has 4 aromatic heterocycles. The van der Waals surface area contributed by atoms with Gasteiger partial charge in [-0.05, 0) is 70.8 Å². The number of rotatable bonds is 6. The van der Waals surface area contributed by atoms with Gasteiger partial charge in [0, 0.05) is 44.7 Å². The van der Waals surface area contributed by atoms with Crippen LogP contribution in [-0.2, 0) is 0 Å². The number of aromatic nitrogens is 5. The van der Waals surface area contributed by atoms with E-state index in [1.54, 1.807) is 4.57 Å². The zero-order chi connectivity index (χ0) is 40.4. The molecule has 6 nitrogen and oxygen atoms in total. The molecule has 0 fully saturated rings. The summed E-state index contributed by atoms with van der Waals surface area (Å²) < 4.78 is 6.22. The smallest absolute Gasteiger partial charge is 0.268 e. The van der Waals surface area contributed by atoms with Crippen LogP contribution in [0, 0.1) is 0 Å². The van der Waals surface area contributed by atoms with Crippen molar-refractivity contribution in [3.63, 3.8) is 0 Å². The predicted molar refractivity (Wildman–Crippen MR) is 250 cm³/mol. The van der Waals surface area contributed by atoms with Gasteiger partial charge in [0.15, 0.2) is 0 Å². The first-order valence-corrected chi connectivity index (χ1v) is 20.5. The maximum atomic E-state index is 15.4. The first-order valence-electron chi connectivity index (χ1n) is 20.5. The van der Waals surface area contributed by atoms with E-state index in [2.05, 4.69) is 143 Å². The molecule has 12 rings (SSSR count). The molecule has 0 aliphatic rings. The summed E-state index contributed by atoms with van der Waals surface area (Å²) >= 11 is 0. The molecular formula is C55H35N5O. The van der Waals surface area contributed by atoms with Crippen molar-refractivity contribution in [3.8, 4) is 56.3 Å². The Labute approximate surface area is 350 Å². The Morgan fingerprint density at radius 1 is 0.393 bits per heavy atom. The van der Waals surface area contributed by atoms with E-state index in [-0.39, 0.29) is 5.56 Å². The van der Waals surface area contributed by atoms with Gasteiger partial charge in [-0.3, -0.25) is 4.79 Å². The van der Waals surface area contributed by atoms with Crippen LogP contribution in [0.2, 0.25) is 0 Å². The Bertz CT molecular complexity index is 3700. The fourth-order valence-corrected chi connectivity index (χ4v) is 9.11. The van der Waals surface area contributed by atoms with Crippen LogP contribution in [0.25, 0.3) is 106 Å². The molecule has 0 bridgehead atoms. The maximum absolute atomic E-state index is 15.4. The summed E-state index contributed by atoms with van der Waals surface area (Å²) in [6.45, 7) is 0. The average molecular weight is 782 g/mol. The lowest BCUT2D eigenvalue weighted by molar-refractivity contribution is 0.916. The van der Waals surface area contributed by atoms with Crippen LogP contribution in [0.1, 0.15) is 0 Å². The summed E-state index contributed by atoms with van der Waals surface area (Å²) in [6.07, 6.45) is 2.17. The van der Waals surface area contributed by atoms with Gasteiger partial charge in [0.1, 0.15) is 5.65 Å². The quantitative estimate of drug-likeness (QED) is 0.169. The molecule has 0 N–H and O–H groups in total. The highest BCUT2D eigenvalue weighted by Crippen LogP contribution is 2.41. The molecule has 8 aromatic carbocycles. The highest BCUT2D eigenvalue weighted by atomic mass is 16.1. The van der Waals surface area contributed by atoms with Gasteiger partial charge in [0.05, 0.1) is 33.1 Å². The molecule has 0 aliphatic heterocycles. The molecular weight excluding hydrogens is 747 g/mol. The van der Waals surface area contributed by atoms with Crippen molar-refractivity contribution in [3.05, 3.63) is 223 Å². The van der Waals surface area contributed by atoms with E-state index in [0.29, 0.717) is 17.0 Å². The van der Waals surface area contributed by atoms with E-state index >= 15 is 4.79 Å². The minimum atomic E-state index is -0.195. The summed E-state index contributed by atoms with van der Waals surface area (Å²) in [5, 5.41) is 3.83.